The predicted molar refractivity (Wildman–Crippen MR) is 107 cm³/mol. The Bertz CT molecular complexity index is 1070. The van der Waals surface area contributed by atoms with E-state index in [0.29, 0.717) is 12.1 Å². The van der Waals surface area contributed by atoms with E-state index in [9.17, 15) is 4.79 Å². The number of amides is 1. The molecule has 2 N–H and O–H groups in total. The standard InChI is InChI=1S/C22H18N4O/c27-22(25-15-16-5-4-11-23-14-16)18-7-3-8-19(13-18)26-21-20-9-2-1-6-17(20)10-12-24-21/h1-14H,15H2,(H,24,26)(H,25,27). The Morgan fingerprint density at radius 2 is 1.85 bits per heavy atom. The Morgan fingerprint density at radius 1 is 0.926 bits per heavy atom. The number of carbonyl (C=O) groups is 1. The zero-order valence-corrected chi connectivity index (χ0v) is 14.6. The van der Waals surface area contributed by atoms with Crippen molar-refractivity contribution in [3.63, 3.8) is 0 Å². The molecule has 4 aromatic rings. The molecule has 1 amide bonds. The predicted octanol–water partition coefficient (Wildman–Crippen LogP) is 4.30. The van der Waals surface area contributed by atoms with Crippen molar-refractivity contribution < 1.29 is 4.79 Å². The Hall–Kier alpha value is -3.73. The summed E-state index contributed by atoms with van der Waals surface area (Å²) >= 11 is 0. The average Bonchev–Trinajstić information content (AvgIpc) is 2.73. The first kappa shape index (κ1) is 16.7. The molecule has 0 aliphatic heterocycles. The number of nitrogens with zero attached hydrogens (tertiary/aromatic N) is 2. The molecule has 0 spiro atoms. The third-order valence-electron chi connectivity index (χ3n) is 4.24. The fourth-order valence-electron chi connectivity index (χ4n) is 2.88. The first-order chi connectivity index (χ1) is 13.3. The zero-order chi connectivity index (χ0) is 18.5. The van der Waals surface area contributed by atoms with Crippen molar-refractivity contribution in [2.24, 2.45) is 0 Å². The molecule has 0 bridgehead atoms. The van der Waals surface area contributed by atoms with E-state index < -0.39 is 0 Å². The largest absolute Gasteiger partial charge is 0.348 e. The summed E-state index contributed by atoms with van der Waals surface area (Å²) in [6.45, 7) is 0.440. The molecule has 0 atom stereocenters. The van der Waals surface area contributed by atoms with Crippen LogP contribution in [-0.4, -0.2) is 15.9 Å². The summed E-state index contributed by atoms with van der Waals surface area (Å²) in [5.74, 6) is 0.634. The van der Waals surface area contributed by atoms with Gasteiger partial charge in [-0.1, -0.05) is 36.4 Å². The summed E-state index contributed by atoms with van der Waals surface area (Å²) < 4.78 is 0. The first-order valence-electron chi connectivity index (χ1n) is 8.67. The Balaban J connectivity index is 1.51. The van der Waals surface area contributed by atoms with Crippen molar-refractivity contribution in [2.75, 3.05) is 5.32 Å². The van der Waals surface area contributed by atoms with Gasteiger partial charge in [-0.3, -0.25) is 9.78 Å². The third kappa shape index (κ3) is 3.93. The number of pyridine rings is 2. The smallest absolute Gasteiger partial charge is 0.251 e. The number of carbonyl (C=O) groups excluding carboxylic acids is 1. The third-order valence-corrected chi connectivity index (χ3v) is 4.24. The number of rotatable bonds is 5. The van der Waals surface area contributed by atoms with Gasteiger partial charge in [-0.15, -0.1) is 0 Å². The maximum atomic E-state index is 12.5. The van der Waals surface area contributed by atoms with E-state index in [1.54, 1.807) is 24.7 Å². The van der Waals surface area contributed by atoms with E-state index in [2.05, 4.69) is 20.6 Å². The van der Waals surface area contributed by atoms with Crippen LogP contribution in [0.15, 0.2) is 85.3 Å². The number of nitrogens with one attached hydrogen (secondary N) is 2. The lowest BCUT2D eigenvalue weighted by atomic mass is 10.1. The number of fused-ring (bicyclic) bond motifs is 1. The van der Waals surface area contributed by atoms with Gasteiger partial charge in [0.15, 0.2) is 0 Å². The topological polar surface area (TPSA) is 66.9 Å². The Labute approximate surface area is 157 Å². The van der Waals surface area contributed by atoms with Gasteiger partial charge in [-0.25, -0.2) is 4.98 Å². The van der Waals surface area contributed by atoms with Gasteiger partial charge >= 0.3 is 0 Å². The van der Waals surface area contributed by atoms with E-state index in [-0.39, 0.29) is 5.91 Å². The lowest BCUT2D eigenvalue weighted by Crippen LogP contribution is -2.22. The van der Waals surface area contributed by atoms with Gasteiger partial charge < -0.3 is 10.6 Å². The molecule has 5 heteroatoms. The van der Waals surface area contributed by atoms with E-state index in [0.717, 1.165) is 27.8 Å². The minimum Gasteiger partial charge on any atom is -0.348 e. The average molecular weight is 354 g/mol. The summed E-state index contributed by atoms with van der Waals surface area (Å²) in [5.41, 5.74) is 2.36. The molecule has 0 saturated carbocycles. The van der Waals surface area contributed by atoms with E-state index in [1.165, 1.54) is 0 Å². The molecule has 132 valence electrons. The summed E-state index contributed by atoms with van der Waals surface area (Å²) in [6, 6.07) is 21.2. The van der Waals surface area contributed by atoms with Gasteiger partial charge in [0.2, 0.25) is 0 Å². The molecule has 2 aromatic heterocycles. The molecule has 0 saturated heterocycles. The molecule has 0 radical (unpaired) electrons. The summed E-state index contributed by atoms with van der Waals surface area (Å²) in [7, 11) is 0. The van der Waals surface area contributed by atoms with Crippen molar-refractivity contribution in [1.29, 1.82) is 0 Å². The van der Waals surface area contributed by atoms with E-state index in [4.69, 9.17) is 0 Å². The Morgan fingerprint density at radius 3 is 2.74 bits per heavy atom. The van der Waals surface area contributed by atoms with Gasteiger partial charge in [0, 0.05) is 41.8 Å². The van der Waals surface area contributed by atoms with Crippen molar-refractivity contribution in [3.8, 4) is 0 Å². The molecule has 4 rings (SSSR count). The lowest BCUT2D eigenvalue weighted by molar-refractivity contribution is 0.0951. The molecular weight excluding hydrogens is 336 g/mol. The second-order valence-electron chi connectivity index (χ2n) is 6.13. The zero-order valence-electron chi connectivity index (χ0n) is 14.6. The molecule has 0 fully saturated rings. The van der Waals surface area contributed by atoms with Gasteiger partial charge in [0.05, 0.1) is 0 Å². The SMILES string of the molecule is O=C(NCc1cccnc1)c1cccc(Nc2nccc3ccccc23)c1. The second-order valence-corrected chi connectivity index (χ2v) is 6.13. The highest BCUT2D eigenvalue weighted by atomic mass is 16.1. The molecule has 2 heterocycles. The summed E-state index contributed by atoms with van der Waals surface area (Å²) in [5, 5.41) is 8.37. The molecule has 27 heavy (non-hydrogen) atoms. The molecular formula is C22H18N4O. The van der Waals surface area contributed by atoms with Crippen LogP contribution in [0.2, 0.25) is 0 Å². The minimum atomic E-state index is -0.131. The van der Waals surface area contributed by atoms with Crippen LogP contribution in [0.25, 0.3) is 10.8 Å². The molecule has 0 aliphatic carbocycles. The fraction of sp³-hybridized carbons (Fsp3) is 0.0455. The minimum absolute atomic E-state index is 0.131. The maximum Gasteiger partial charge on any atom is 0.251 e. The summed E-state index contributed by atoms with van der Waals surface area (Å²) in [4.78, 5) is 20.9. The summed E-state index contributed by atoms with van der Waals surface area (Å²) in [6.07, 6.45) is 5.22. The number of aromatic nitrogens is 2. The quantitative estimate of drug-likeness (QED) is 0.561. The number of hydrogen-bond donors (Lipinski definition) is 2. The first-order valence-corrected chi connectivity index (χ1v) is 8.67. The van der Waals surface area contributed by atoms with Crippen LogP contribution in [0, 0.1) is 0 Å². The fourth-order valence-corrected chi connectivity index (χ4v) is 2.88. The van der Waals surface area contributed by atoms with Crippen LogP contribution in [-0.2, 0) is 6.54 Å². The van der Waals surface area contributed by atoms with Crippen LogP contribution >= 0.6 is 0 Å². The van der Waals surface area contributed by atoms with Crippen LogP contribution in [0.5, 0.6) is 0 Å². The van der Waals surface area contributed by atoms with Gasteiger partial charge in [0.25, 0.3) is 5.91 Å². The monoisotopic (exact) mass is 354 g/mol. The normalized spacial score (nSPS) is 10.5. The van der Waals surface area contributed by atoms with Crippen molar-refractivity contribution in [3.05, 3.63) is 96.4 Å². The van der Waals surface area contributed by atoms with Gasteiger partial charge in [-0.05, 0) is 41.3 Å². The molecule has 5 nitrogen and oxygen atoms in total. The van der Waals surface area contributed by atoms with Gasteiger partial charge in [-0.2, -0.15) is 0 Å². The highest BCUT2D eigenvalue weighted by Gasteiger charge is 2.08. The van der Waals surface area contributed by atoms with E-state index >= 15 is 0 Å². The Kier molecular flexibility index (Phi) is 4.74. The van der Waals surface area contributed by atoms with Gasteiger partial charge in [0.1, 0.15) is 5.82 Å². The van der Waals surface area contributed by atoms with Crippen molar-refractivity contribution >= 4 is 28.2 Å². The number of benzene rings is 2. The molecule has 0 aliphatic rings. The van der Waals surface area contributed by atoms with Crippen LogP contribution in [0.1, 0.15) is 15.9 Å². The van der Waals surface area contributed by atoms with E-state index in [1.807, 2.05) is 60.7 Å². The van der Waals surface area contributed by atoms with Crippen LogP contribution in [0.3, 0.4) is 0 Å². The highest BCUT2D eigenvalue weighted by Crippen LogP contribution is 2.24. The van der Waals surface area contributed by atoms with Crippen molar-refractivity contribution in [2.45, 2.75) is 6.54 Å². The molecule has 0 unspecified atom stereocenters. The van der Waals surface area contributed by atoms with Crippen molar-refractivity contribution in [1.82, 2.24) is 15.3 Å². The maximum absolute atomic E-state index is 12.5. The van der Waals surface area contributed by atoms with Crippen LogP contribution in [0.4, 0.5) is 11.5 Å². The van der Waals surface area contributed by atoms with Crippen LogP contribution < -0.4 is 10.6 Å². The number of hydrogen-bond acceptors (Lipinski definition) is 4. The lowest BCUT2D eigenvalue weighted by Gasteiger charge is -2.10. The second kappa shape index (κ2) is 7.66. The molecule has 2 aromatic carbocycles. The number of anilines is 2. The highest BCUT2D eigenvalue weighted by molar-refractivity contribution is 5.96.